The number of nitrogens with one attached hydrogen (secondary N) is 1. The van der Waals surface area contributed by atoms with E-state index in [0.29, 0.717) is 18.4 Å². The van der Waals surface area contributed by atoms with Gasteiger partial charge in [-0.05, 0) is 44.1 Å². The number of carbonyl (C=O) groups excluding carboxylic acids is 1. The molecule has 18 heavy (non-hydrogen) atoms. The minimum absolute atomic E-state index is 0.372. The third-order valence-corrected chi connectivity index (χ3v) is 4.67. The molecule has 2 rings (SSSR count). The molecular formula is C15H28N2O. The van der Waals surface area contributed by atoms with E-state index in [9.17, 15) is 4.79 Å². The van der Waals surface area contributed by atoms with Crippen molar-refractivity contribution in [2.75, 3.05) is 19.6 Å². The van der Waals surface area contributed by atoms with E-state index in [4.69, 9.17) is 0 Å². The highest BCUT2D eigenvalue weighted by atomic mass is 16.2. The molecule has 2 heterocycles. The predicted molar refractivity (Wildman–Crippen MR) is 74.4 cm³/mol. The highest BCUT2D eigenvalue weighted by Crippen LogP contribution is 2.25. The highest BCUT2D eigenvalue weighted by molar-refractivity contribution is 5.76. The van der Waals surface area contributed by atoms with E-state index in [0.717, 1.165) is 31.5 Å². The Morgan fingerprint density at radius 1 is 1.22 bits per heavy atom. The number of hydrogen-bond acceptors (Lipinski definition) is 2. The topological polar surface area (TPSA) is 32.3 Å². The molecule has 104 valence electrons. The number of likely N-dealkylation sites (tertiary alicyclic amines) is 1. The zero-order valence-corrected chi connectivity index (χ0v) is 12.0. The number of hydrogen-bond donors (Lipinski definition) is 1. The summed E-state index contributed by atoms with van der Waals surface area (Å²) in [6.07, 6.45) is 6.83. The van der Waals surface area contributed by atoms with Gasteiger partial charge >= 0.3 is 0 Å². The lowest BCUT2D eigenvalue weighted by atomic mass is 9.86. The second-order valence-electron chi connectivity index (χ2n) is 6.31. The molecule has 2 aliphatic rings. The lowest BCUT2D eigenvalue weighted by molar-refractivity contribution is -0.133. The monoisotopic (exact) mass is 252 g/mol. The molecule has 0 aromatic carbocycles. The maximum Gasteiger partial charge on any atom is 0.224 e. The van der Waals surface area contributed by atoms with Crippen LogP contribution in [0.1, 0.15) is 52.4 Å². The minimum atomic E-state index is 0.372. The van der Waals surface area contributed by atoms with E-state index < -0.39 is 0 Å². The average Bonchev–Trinajstić information content (AvgIpc) is 2.40. The van der Waals surface area contributed by atoms with Crippen LogP contribution in [0.2, 0.25) is 0 Å². The number of rotatable bonds is 3. The number of nitrogens with zero attached hydrogens (tertiary/aromatic N) is 1. The molecule has 0 saturated carbocycles. The Kier molecular flexibility index (Phi) is 5.04. The first-order valence-electron chi connectivity index (χ1n) is 7.68. The largest absolute Gasteiger partial charge is 0.343 e. The van der Waals surface area contributed by atoms with Crippen LogP contribution in [-0.2, 0) is 4.79 Å². The SMILES string of the molecule is CC(C)C1CCN(C(=O)CC2CCCCN2)CC1. The molecule has 1 atom stereocenters. The molecule has 0 aromatic heterocycles. The van der Waals surface area contributed by atoms with Gasteiger partial charge in [0.15, 0.2) is 0 Å². The number of piperidine rings is 2. The second kappa shape index (κ2) is 6.55. The van der Waals surface area contributed by atoms with Crippen molar-refractivity contribution in [1.29, 1.82) is 0 Å². The van der Waals surface area contributed by atoms with Gasteiger partial charge in [-0.25, -0.2) is 0 Å². The zero-order chi connectivity index (χ0) is 13.0. The molecule has 0 spiro atoms. The van der Waals surface area contributed by atoms with E-state index in [1.54, 1.807) is 0 Å². The van der Waals surface area contributed by atoms with Crippen LogP contribution in [0, 0.1) is 11.8 Å². The van der Waals surface area contributed by atoms with Crippen LogP contribution >= 0.6 is 0 Å². The van der Waals surface area contributed by atoms with Crippen LogP contribution in [0.5, 0.6) is 0 Å². The molecule has 0 radical (unpaired) electrons. The summed E-state index contributed by atoms with van der Waals surface area (Å²) in [4.78, 5) is 14.3. The Balaban J connectivity index is 1.73. The number of carbonyl (C=O) groups is 1. The van der Waals surface area contributed by atoms with Gasteiger partial charge in [-0.15, -0.1) is 0 Å². The Bertz CT molecular complexity index is 264. The fourth-order valence-corrected chi connectivity index (χ4v) is 3.25. The van der Waals surface area contributed by atoms with Gasteiger partial charge in [-0.2, -0.15) is 0 Å². The van der Waals surface area contributed by atoms with E-state index in [1.165, 1.54) is 32.1 Å². The maximum absolute atomic E-state index is 12.2. The van der Waals surface area contributed by atoms with Crippen molar-refractivity contribution in [2.24, 2.45) is 11.8 Å². The summed E-state index contributed by atoms with van der Waals surface area (Å²) in [6.45, 7) is 7.65. The summed E-state index contributed by atoms with van der Waals surface area (Å²) in [5.41, 5.74) is 0. The molecule has 1 unspecified atom stereocenters. The Morgan fingerprint density at radius 3 is 2.50 bits per heavy atom. The molecule has 3 nitrogen and oxygen atoms in total. The van der Waals surface area contributed by atoms with Crippen molar-refractivity contribution in [1.82, 2.24) is 10.2 Å². The molecular weight excluding hydrogens is 224 g/mol. The first-order chi connectivity index (χ1) is 8.66. The van der Waals surface area contributed by atoms with Gasteiger partial charge in [-0.1, -0.05) is 20.3 Å². The van der Waals surface area contributed by atoms with Crippen molar-refractivity contribution in [3.8, 4) is 0 Å². The van der Waals surface area contributed by atoms with Crippen molar-refractivity contribution in [2.45, 2.75) is 58.4 Å². The molecule has 0 aromatic rings. The van der Waals surface area contributed by atoms with E-state index in [2.05, 4.69) is 24.1 Å². The molecule has 1 N–H and O–H groups in total. The quantitative estimate of drug-likeness (QED) is 0.836. The minimum Gasteiger partial charge on any atom is -0.343 e. The summed E-state index contributed by atoms with van der Waals surface area (Å²) >= 11 is 0. The standard InChI is InChI=1S/C15H28N2O/c1-12(2)13-6-9-17(10-7-13)15(18)11-14-5-3-4-8-16-14/h12-14,16H,3-11H2,1-2H3. The summed E-state index contributed by atoms with van der Waals surface area (Å²) in [7, 11) is 0. The summed E-state index contributed by atoms with van der Waals surface area (Å²) < 4.78 is 0. The van der Waals surface area contributed by atoms with Crippen LogP contribution in [0.4, 0.5) is 0 Å². The lowest BCUT2D eigenvalue weighted by Gasteiger charge is -2.35. The van der Waals surface area contributed by atoms with Crippen molar-refractivity contribution >= 4 is 5.91 Å². The van der Waals surface area contributed by atoms with Crippen LogP contribution in [0.15, 0.2) is 0 Å². The number of amides is 1. The van der Waals surface area contributed by atoms with Crippen LogP contribution in [0.25, 0.3) is 0 Å². The fraction of sp³-hybridized carbons (Fsp3) is 0.933. The highest BCUT2D eigenvalue weighted by Gasteiger charge is 2.26. The smallest absolute Gasteiger partial charge is 0.224 e. The van der Waals surface area contributed by atoms with Crippen LogP contribution < -0.4 is 5.32 Å². The molecule has 2 aliphatic heterocycles. The molecule has 3 heteroatoms. The van der Waals surface area contributed by atoms with Crippen LogP contribution in [0.3, 0.4) is 0 Å². The average molecular weight is 252 g/mol. The summed E-state index contributed by atoms with van der Waals surface area (Å²) in [5.74, 6) is 1.96. The van der Waals surface area contributed by atoms with Gasteiger partial charge in [0.1, 0.15) is 0 Å². The first kappa shape index (κ1) is 13.9. The lowest BCUT2D eigenvalue weighted by Crippen LogP contribution is -2.43. The van der Waals surface area contributed by atoms with E-state index >= 15 is 0 Å². The molecule has 2 fully saturated rings. The van der Waals surface area contributed by atoms with Gasteiger partial charge in [0.25, 0.3) is 0 Å². The van der Waals surface area contributed by atoms with Crippen molar-refractivity contribution < 1.29 is 4.79 Å². The summed E-state index contributed by atoms with van der Waals surface area (Å²) in [5, 5.41) is 3.47. The van der Waals surface area contributed by atoms with Crippen molar-refractivity contribution in [3.63, 3.8) is 0 Å². The molecule has 0 bridgehead atoms. The fourth-order valence-electron chi connectivity index (χ4n) is 3.25. The first-order valence-corrected chi connectivity index (χ1v) is 7.68. The van der Waals surface area contributed by atoms with Gasteiger partial charge in [-0.3, -0.25) is 4.79 Å². The Labute approximate surface area is 111 Å². The maximum atomic E-state index is 12.2. The summed E-state index contributed by atoms with van der Waals surface area (Å²) in [6, 6.07) is 0.439. The molecule has 2 saturated heterocycles. The van der Waals surface area contributed by atoms with Gasteiger partial charge < -0.3 is 10.2 Å². The van der Waals surface area contributed by atoms with Gasteiger partial charge in [0, 0.05) is 25.6 Å². The third-order valence-electron chi connectivity index (χ3n) is 4.67. The predicted octanol–water partition coefficient (Wildman–Crippen LogP) is 2.41. The second-order valence-corrected chi connectivity index (χ2v) is 6.31. The van der Waals surface area contributed by atoms with E-state index in [-0.39, 0.29) is 0 Å². The Morgan fingerprint density at radius 2 is 1.94 bits per heavy atom. The molecule has 1 amide bonds. The van der Waals surface area contributed by atoms with E-state index in [1.807, 2.05) is 0 Å². The van der Waals surface area contributed by atoms with Gasteiger partial charge in [0.2, 0.25) is 5.91 Å². The molecule has 0 aliphatic carbocycles. The van der Waals surface area contributed by atoms with Gasteiger partial charge in [0.05, 0.1) is 0 Å². The van der Waals surface area contributed by atoms with Crippen LogP contribution in [-0.4, -0.2) is 36.5 Å². The normalized spacial score (nSPS) is 26.6. The third kappa shape index (κ3) is 3.71. The Hall–Kier alpha value is -0.570. The zero-order valence-electron chi connectivity index (χ0n) is 12.0. The van der Waals surface area contributed by atoms with Crippen molar-refractivity contribution in [3.05, 3.63) is 0 Å².